The Kier molecular flexibility index (Phi) is 12.0. The van der Waals surface area contributed by atoms with E-state index in [1.54, 1.807) is 48.5 Å². The maximum Gasteiger partial charge on any atom is 0.264 e. The molecule has 0 unspecified atom stereocenters. The maximum atomic E-state index is 14.7. The first-order valence-corrected chi connectivity index (χ1v) is 17.3. The van der Waals surface area contributed by atoms with E-state index in [1.807, 2.05) is 58.0 Å². The summed E-state index contributed by atoms with van der Waals surface area (Å²) in [5, 5.41) is 3.66. The zero-order valence-corrected chi connectivity index (χ0v) is 29.4. The molecule has 1 N–H and O–H groups in total. The molecule has 0 fully saturated rings. The number of rotatable bonds is 13. The molecule has 0 radical (unpaired) electrons. The number of carbonyl (C=O) groups is 2. The van der Waals surface area contributed by atoms with E-state index < -0.39 is 28.5 Å². The van der Waals surface area contributed by atoms with E-state index in [9.17, 15) is 18.0 Å². The van der Waals surface area contributed by atoms with Crippen LogP contribution in [0.2, 0.25) is 10.0 Å². The van der Waals surface area contributed by atoms with Gasteiger partial charge in [-0.3, -0.25) is 13.9 Å². The van der Waals surface area contributed by atoms with Gasteiger partial charge in [0.15, 0.2) is 0 Å². The van der Waals surface area contributed by atoms with Crippen molar-refractivity contribution in [2.24, 2.45) is 0 Å². The number of carbonyl (C=O) groups excluding carboxylic acids is 2. The number of sulfonamides is 1. The van der Waals surface area contributed by atoms with Gasteiger partial charge in [-0.05, 0) is 80.8 Å². The molecule has 47 heavy (non-hydrogen) atoms. The quantitative estimate of drug-likeness (QED) is 0.163. The third-order valence-electron chi connectivity index (χ3n) is 7.55. The van der Waals surface area contributed by atoms with Gasteiger partial charge in [0.2, 0.25) is 11.8 Å². The Morgan fingerprint density at radius 3 is 2.15 bits per heavy atom. The highest BCUT2D eigenvalue weighted by Gasteiger charge is 2.36. The van der Waals surface area contributed by atoms with E-state index in [4.69, 9.17) is 27.9 Å². The van der Waals surface area contributed by atoms with Gasteiger partial charge < -0.3 is 15.0 Å². The van der Waals surface area contributed by atoms with Gasteiger partial charge in [-0.25, -0.2) is 8.42 Å². The number of benzene rings is 4. The number of nitrogens with one attached hydrogen (secondary N) is 1. The fourth-order valence-electron chi connectivity index (χ4n) is 5.11. The first kappa shape index (κ1) is 35.8. The number of anilines is 1. The largest absolute Gasteiger partial charge is 0.495 e. The SMILES string of the molecule is COc1ccc(C)cc1N(CC(=O)N(Cc1ccc(Cl)cc1Cl)[C@@H](Cc1ccccc1)C(=O)NC(C)C)S(=O)(=O)c1ccc(C)cc1. The summed E-state index contributed by atoms with van der Waals surface area (Å²) in [7, 11) is -2.86. The lowest BCUT2D eigenvalue weighted by Gasteiger charge is -2.34. The van der Waals surface area contributed by atoms with Crippen LogP contribution in [0.4, 0.5) is 5.69 Å². The van der Waals surface area contributed by atoms with Gasteiger partial charge in [0.25, 0.3) is 10.0 Å². The zero-order valence-electron chi connectivity index (χ0n) is 27.0. The molecular weight excluding hydrogens is 657 g/mol. The summed E-state index contributed by atoms with van der Waals surface area (Å²) in [5.41, 5.74) is 3.20. The lowest BCUT2D eigenvalue weighted by atomic mass is 10.0. The van der Waals surface area contributed by atoms with Crippen molar-refractivity contribution in [3.8, 4) is 5.75 Å². The van der Waals surface area contributed by atoms with Gasteiger partial charge in [0, 0.05) is 29.1 Å². The average molecular weight is 697 g/mol. The predicted molar refractivity (Wildman–Crippen MR) is 188 cm³/mol. The van der Waals surface area contributed by atoms with Gasteiger partial charge in [-0.1, -0.05) is 83.4 Å². The summed E-state index contributed by atoms with van der Waals surface area (Å²) in [5.74, 6) is -0.733. The first-order chi connectivity index (χ1) is 22.3. The smallest absolute Gasteiger partial charge is 0.264 e. The van der Waals surface area contributed by atoms with Crippen LogP contribution in [0.1, 0.15) is 36.1 Å². The molecule has 4 aromatic rings. The summed E-state index contributed by atoms with van der Waals surface area (Å²) in [4.78, 5) is 29.9. The van der Waals surface area contributed by atoms with Crippen LogP contribution in [0.25, 0.3) is 0 Å². The molecule has 11 heteroatoms. The molecule has 8 nitrogen and oxygen atoms in total. The zero-order chi connectivity index (χ0) is 34.3. The topological polar surface area (TPSA) is 96.0 Å². The minimum atomic E-state index is -4.30. The summed E-state index contributed by atoms with van der Waals surface area (Å²) < 4.78 is 35.3. The molecule has 4 aromatic carbocycles. The van der Waals surface area contributed by atoms with E-state index in [0.29, 0.717) is 15.6 Å². The summed E-state index contributed by atoms with van der Waals surface area (Å²) in [6.07, 6.45) is 0.175. The highest BCUT2D eigenvalue weighted by atomic mass is 35.5. The van der Waals surface area contributed by atoms with Crippen LogP contribution in [-0.4, -0.2) is 50.9 Å². The Morgan fingerprint density at radius 2 is 1.53 bits per heavy atom. The Morgan fingerprint density at radius 1 is 0.872 bits per heavy atom. The minimum Gasteiger partial charge on any atom is -0.495 e. The summed E-state index contributed by atoms with van der Waals surface area (Å²) >= 11 is 12.8. The molecule has 0 saturated carbocycles. The van der Waals surface area contributed by atoms with Crippen LogP contribution in [0.15, 0.2) is 95.9 Å². The van der Waals surface area contributed by atoms with Crippen molar-refractivity contribution < 1.29 is 22.7 Å². The number of ether oxygens (including phenoxy) is 1. The highest BCUT2D eigenvalue weighted by Crippen LogP contribution is 2.34. The normalized spacial score (nSPS) is 12.0. The molecule has 0 heterocycles. The van der Waals surface area contributed by atoms with Crippen molar-refractivity contribution in [3.05, 3.63) is 123 Å². The van der Waals surface area contributed by atoms with Crippen LogP contribution in [0.5, 0.6) is 5.75 Å². The Bertz CT molecular complexity index is 1820. The molecule has 0 aliphatic carbocycles. The van der Waals surface area contributed by atoms with E-state index in [0.717, 1.165) is 21.0 Å². The molecule has 1 atom stereocenters. The lowest BCUT2D eigenvalue weighted by Crippen LogP contribution is -2.54. The second-order valence-corrected chi connectivity index (χ2v) is 14.3. The number of nitrogens with zero attached hydrogens (tertiary/aromatic N) is 2. The molecule has 248 valence electrons. The molecule has 0 aromatic heterocycles. The number of aryl methyl sites for hydroxylation is 2. The van der Waals surface area contributed by atoms with Crippen molar-refractivity contribution in [1.29, 1.82) is 0 Å². The molecule has 0 aliphatic rings. The molecule has 0 saturated heterocycles. The van der Waals surface area contributed by atoms with Crippen LogP contribution in [-0.2, 0) is 32.6 Å². The second kappa shape index (κ2) is 15.7. The van der Waals surface area contributed by atoms with Gasteiger partial charge in [-0.2, -0.15) is 0 Å². The average Bonchev–Trinajstić information content (AvgIpc) is 3.02. The fourth-order valence-corrected chi connectivity index (χ4v) is 7.00. The van der Waals surface area contributed by atoms with Gasteiger partial charge in [-0.15, -0.1) is 0 Å². The Balaban J connectivity index is 1.87. The fraction of sp³-hybridized carbons (Fsp3) is 0.278. The molecule has 0 bridgehead atoms. The monoisotopic (exact) mass is 695 g/mol. The number of amides is 2. The second-order valence-electron chi connectivity index (χ2n) is 11.6. The predicted octanol–water partition coefficient (Wildman–Crippen LogP) is 6.98. The van der Waals surface area contributed by atoms with E-state index in [1.165, 1.54) is 24.1 Å². The number of halogens is 2. The van der Waals surface area contributed by atoms with Crippen LogP contribution in [0.3, 0.4) is 0 Å². The van der Waals surface area contributed by atoms with Gasteiger partial charge in [0.1, 0.15) is 18.3 Å². The minimum absolute atomic E-state index is 0.00476. The third kappa shape index (κ3) is 9.06. The van der Waals surface area contributed by atoms with Crippen molar-refractivity contribution in [3.63, 3.8) is 0 Å². The van der Waals surface area contributed by atoms with Crippen molar-refractivity contribution in [2.45, 2.75) is 57.6 Å². The van der Waals surface area contributed by atoms with Crippen LogP contribution in [0, 0.1) is 13.8 Å². The van der Waals surface area contributed by atoms with E-state index in [2.05, 4.69) is 5.32 Å². The molecule has 0 spiro atoms. The van der Waals surface area contributed by atoms with E-state index >= 15 is 0 Å². The van der Waals surface area contributed by atoms with Crippen molar-refractivity contribution in [1.82, 2.24) is 10.2 Å². The number of hydrogen-bond acceptors (Lipinski definition) is 5. The number of hydrogen-bond donors (Lipinski definition) is 1. The van der Waals surface area contributed by atoms with Crippen molar-refractivity contribution >= 4 is 50.7 Å². The summed E-state index contributed by atoms with van der Waals surface area (Å²) in [6, 6.07) is 24.5. The highest BCUT2D eigenvalue weighted by molar-refractivity contribution is 7.92. The lowest BCUT2D eigenvalue weighted by molar-refractivity contribution is -0.140. The van der Waals surface area contributed by atoms with Crippen LogP contribution < -0.4 is 14.4 Å². The number of methoxy groups -OCH3 is 1. The van der Waals surface area contributed by atoms with Crippen LogP contribution >= 0.6 is 23.2 Å². The standard InChI is InChI=1S/C36H39Cl2N3O5S/c1-24(2)39-36(43)33(20-27-9-7-6-8-10-27)40(22-28-14-15-29(37)21-31(28)38)35(42)23-41(32-19-26(4)13-18-34(32)46-5)47(44,45)30-16-11-25(3)12-17-30/h6-19,21,24,33H,20,22-23H2,1-5H3,(H,39,43)/t33-/m0/s1. The Labute approximate surface area is 287 Å². The first-order valence-electron chi connectivity index (χ1n) is 15.1. The summed E-state index contributed by atoms with van der Waals surface area (Å²) in [6.45, 7) is 6.64. The Hall–Kier alpha value is -4.05. The third-order valence-corrected chi connectivity index (χ3v) is 9.91. The maximum absolute atomic E-state index is 14.7. The van der Waals surface area contributed by atoms with Crippen molar-refractivity contribution in [2.75, 3.05) is 18.0 Å². The van der Waals surface area contributed by atoms with Gasteiger partial charge >= 0.3 is 0 Å². The molecular formula is C36H39Cl2N3O5S. The molecule has 4 rings (SSSR count). The molecule has 2 amide bonds. The van der Waals surface area contributed by atoms with Gasteiger partial charge in [0.05, 0.1) is 17.7 Å². The molecule has 0 aliphatic heterocycles. The van der Waals surface area contributed by atoms with E-state index in [-0.39, 0.29) is 41.2 Å².